The standard InChI is InChI=1S/C14H20F3N3O2/c1-10-6-11(2)20(18-10)12-4-3-5-19(7-12)13(21)8-22-9-14(15,16)17/h6,12H,3-5,7-9H2,1-2H3/t12-/m0/s1. The number of hydrogen-bond donors (Lipinski definition) is 0. The Kier molecular flexibility index (Phi) is 5.10. The fourth-order valence-electron chi connectivity index (χ4n) is 2.74. The smallest absolute Gasteiger partial charge is 0.362 e. The summed E-state index contributed by atoms with van der Waals surface area (Å²) in [6, 6.07) is 2.03. The number of likely N-dealkylation sites (tertiary alicyclic amines) is 1. The van der Waals surface area contributed by atoms with Crippen molar-refractivity contribution in [3.8, 4) is 0 Å². The molecule has 0 saturated carbocycles. The summed E-state index contributed by atoms with van der Waals surface area (Å²) in [5.41, 5.74) is 1.93. The number of alkyl halides is 3. The molecule has 0 aromatic carbocycles. The quantitative estimate of drug-likeness (QED) is 0.855. The van der Waals surface area contributed by atoms with Crippen molar-refractivity contribution >= 4 is 5.91 Å². The van der Waals surface area contributed by atoms with Crippen molar-refractivity contribution in [2.24, 2.45) is 0 Å². The molecule has 1 aromatic heterocycles. The molecule has 124 valence electrons. The SMILES string of the molecule is Cc1cc(C)n([C@H]2CCCN(C(=O)COCC(F)(F)F)C2)n1. The Balaban J connectivity index is 1.90. The predicted octanol–water partition coefficient (Wildman–Crippen LogP) is 2.24. The Bertz CT molecular complexity index is 528. The highest BCUT2D eigenvalue weighted by Crippen LogP contribution is 2.23. The van der Waals surface area contributed by atoms with Gasteiger partial charge >= 0.3 is 6.18 Å². The van der Waals surface area contributed by atoms with E-state index in [1.165, 1.54) is 0 Å². The minimum Gasteiger partial charge on any atom is -0.362 e. The Morgan fingerprint density at radius 1 is 1.45 bits per heavy atom. The lowest BCUT2D eigenvalue weighted by atomic mass is 10.1. The summed E-state index contributed by atoms with van der Waals surface area (Å²) in [4.78, 5) is 13.5. The van der Waals surface area contributed by atoms with Crippen LogP contribution in [0.1, 0.15) is 30.3 Å². The van der Waals surface area contributed by atoms with E-state index in [9.17, 15) is 18.0 Å². The lowest BCUT2D eigenvalue weighted by molar-refractivity contribution is -0.178. The molecule has 0 spiro atoms. The largest absolute Gasteiger partial charge is 0.411 e. The molecule has 1 saturated heterocycles. The molecule has 1 aromatic rings. The molecular weight excluding hydrogens is 299 g/mol. The van der Waals surface area contributed by atoms with Gasteiger partial charge in [0, 0.05) is 18.8 Å². The highest BCUT2D eigenvalue weighted by atomic mass is 19.4. The molecule has 0 aliphatic carbocycles. The molecule has 0 unspecified atom stereocenters. The fraction of sp³-hybridized carbons (Fsp3) is 0.714. The minimum atomic E-state index is -4.41. The van der Waals surface area contributed by atoms with Gasteiger partial charge < -0.3 is 9.64 Å². The Hall–Kier alpha value is -1.57. The van der Waals surface area contributed by atoms with E-state index >= 15 is 0 Å². The zero-order valence-corrected chi connectivity index (χ0v) is 12.7. The number of aromatic nitrogens is 2. The molecule has 1 fully saturated rings. The highest BCUT2D eigenvalue weighted by Gasteiger charge is 2.30. The molecule has 8 heteroatoms. The monoisotopic (exact) mass is 319 g/mol. The van der Waals surface area contributed by atoms with Crippen LogP contribution in [0.25, 0.3) is 0 Å². The number of piperidine rings is 1. The van der Waals surface area contributed by atoms with Crippen LogP contribution in [0.4, 0.5) is 13.2 Å². The zero-order valence-electron chi connectivity index (χ0n) is 12.7. The van der Waals surface area contributed by atoms with Crippen molar-refractivity contribution in [3.63, 3.8) is 0 Å². The highest BCUT2D eigenvalue weighted by molar-refractivity contribution is 5.77. The van der Waals surface area contributed by atoms with Gasteiger partial charge in [0.05, 0.1) is 11.7 Å². The lowest BCUT2D eigenvalue weighted by Gasteiger charge is -2.33. The normalized spacial score (nSPS) is 19.5. The Morgan fingerprint density at radius 3 is 2.77 bits per heavy atom. The van der Waals surface area contributed by atoms with Gasteiger partial charge in [-0.25, -0.2) is 0 Å². The van der Waals surface area contributed by atoms with E-state index in [0.717, 1.165) is 24.2 Å². The molecule has 0 N–H and O–H groups in total. The van der Waals surface area contributed by atoms with Crippen LogP contribution in [-0.2, 0) is 9.53 Å². The number of carbonyl (C=O) groups excluding carboxylic acids is 1. The van der Waals surface area contributed by atoms with Crippen molar-refractivity contribution in [1.82, 2.24) is 14.7 Å². The van der Waals surface area contributed by atoms with Crippen molar-refractivity contribution < 1.29 is 22.7 Å². The maximum atomic E-state index is 12.0. The summed E-state index contributed by atoms with van der Waals surface area (Å²) >= 11 is 0. The molecule has 2 rings (SSSR count). The third-order valence-electron chi connectivity index (χ3n) is 3.63. The van der Waals surface area contributed by atoms with Gasteiger partial charge in [0.25, 0.3) is 0 Å². The van der Waals surface area contributed by atoms with Crippen LogP contribution >= 0.6 is 0 Å². The van der Waals surface area contributed by atoms with E-state index in [2.05, 4.69) is 9.84 Å². The maximum absolute atomic E-state index is 12.0. The van der Waals surface area contributed by atoms with Crippen LogP contribution in [0, 0.1) is 13.8 Å². The minimum absolute atomic E-state index is 0.0639. The van der Waals surface area contributed by atoms with E-state index < -0.39 is 25.3 Å². The number of rotatable bonds is 4. The van der Waals surface area contributed by atoms with Gasteiger partial charge in [0.1, 0.15) is 13.2 Å². The topological polar surface area (TPSA) is 47.4 Å². The first kappa shape index (κ1) is 16.8. The van der Waals surface area contributed by atoms with Crippen LogP contribution in [0.15, 0.2) is 6.07 Å². The maximum Gasteiger partial charge on any atom is 0.411 e. The van der Waals surface area contributed by atoms with Crippen LogP contribution in [0.2, 0.25) is 0 Å². The molecule has 1 aliphatic heterocycles. The third-order valence-corrected chi connectivity index (χ3v) is 3.63. The molecule has 0 radical (unpaired) electrons. The van der Waals surface area contributed by atoms with Crippen LogP contribution < -0.4 is 0 Å². The molecular formula is C14H20F3N3O2. The number of ether oxygens (including phenoxy) is 1. The number of hydrogen-bond acceptors (Lipinski definition) is 3. The van der Waals surface area contributed by atoms with Gasteiger partial charge in [-0.3, -0.25) is 9.48 Å². The summed E-state index contributed by atoms with van der Waals surface area (Å²) in [5, 5.41) is 4.42. The Morgan fingerprint density at radius 2 is 2.18 bits per heavy atom. The first-order valence-electron chi connectivity index (χ1n) is 7.21. The van der Waals surface area contributed by atoms with Crippen LogP contribution in [0.3, 0.4) is 0 Å². The van der Waals surface area contributed by atoms with E-state index in [-0.39, 0.29) is 6.04 Å². The van der Waals surface area contributed by atoms with Gasteiger partial charge in [0.2, 0.25) is 5.91 Å². The summed E-state index contributed by atoms with van der Waals surface area (Å²) in [5.74, 6) is -0.407. The average Bonchev–Trinajstić information content (AvgIpc) is 2.76. The average molecular weight is 319 g/mol. The molecule has 1 aliphatic rings. The van der Waals surface area contributed by atoms with Crippen molar-refractivity contribution in [1.29, 1.82) is 0 Å². The predicted molar refractivity (Wildman–Crippen MR) is 73.4 cm³/mol. The van der Waals surface area contributed by atoms with E-state index in [1.54, 1.807) is 4.90 Å². The summed E-state index contributed by atoms with van der Waals surface area (Å²) < 4.78 is 42.4. The summed E-state index contributed by atoms with van der Waals surface area (Å²) in [6.07, 6.45) is -2.71. The fourth-order valence-corrected chi connectivity index (χ4v) is 2.74. The van der Waals surface area contributed by atoms with Crippen molar-refractivity contribution in [2.45, 2.75) is 38.9 Å². The summed E-state index contributed by atoms with van der Waals surface area (Å²) in [6.45, 7) is 2.92. The first-order valence-corrected chi connectivity index (χ1v) is 7.21. The molecule has 22 heavy (non-hydrogen) atoms. The van der Waals surface area contributed by atoms with E-state index in [0.29, 0.717) is 13.1 Å². The van der Waals surface area contributed by atoms with Gasteiger partial charge in [-0.1, -0.05) is 0 Å². The number of amides is 1. The second-order valence-electron chi connectivity index (χ2n) is 5.62. The zero-order chi connectivity index (χ0) is 16.3. The molecule has 2 heterocycles. The van der Waals surface area contributed by atoms with Crippen molar-refractivity contribution in [3.05, 3.63) is 17.5 Å². The second kappa shape index (κ2) is 6.68. The molecule has 5 nitrogen and oxygen atoms in total. The molecule has 0 bridgehead atoms. The van der Waals surface area contributed by atoms with Crippen molar-refractivity contribution in [2.75, 3.05) is 26.3 Å². The molecule has 1 amide bonds. The number of carbonyl (C=O) groups is 1. The number of nitrogens with zero attached hydrogens (tertiary/aromatic N) is 3. The first-order chi connectivity index (χ1) is 10.3. The van der Waals surface area contributed by atoms with E-state index in [4.69, 9.17) is 0 Å². The van der Waals surface area contributed by atoms with Gasteiger partial charge in [-0.15, -0.1) is 0 Å². The number of halogens is 3. The van der Waals surface area contributed by atoms with E-state index in [1.807, 2.05) is 24.6 Å². The molecule has 1 atom stereocenters. The van der Waals surface area contributed by atoms with Gasteiger partial charge in [-0.2, -0.15) is 18.3 Å². The van der Waals surface area contributed by atoms with Crippen LogP contribution in [0.5, 0.6) is 0 Å². The third kappa shape index (κ3) is 4.46. The number of aryl methyl sites for hydroxylation is 2. The van der Waals surface area contributed by atoms with Gasteiger partial charge in [0.15, 0.2) is 0 Å². The lowest BCUT2D eigenvalue weighted by Crippen LogP contribution is -2.43. The second-order valence-corrected chi connectivity index (χ2v) is 5.62. The Labute approximate surface area is 127 Å². The van der Waals surface area contributed by atoms with Crippen LogP contribution in [-0.4, -0.2) is 53.1 Å². The van der Waals surface area contributed by atoms with Gasteiger partial charge in [-0.05, 0) is 32.8 Å². The summed E-state index contributed by atoms with van der Waals surface area (Å²) in [7, 11) is 0.